The summed E-state index contributed by atoms with van der Waals surface area (Å²) in [5.41, 5.74) is 5.01. The van der Waals surface area contributed by atoms with Gasteiger partial charge in [-0.05, 0) is 41.4 Å². The number of anilines is 1. The molecule has 3 N–H and O–H groups in total. The molecule has 0 radical (unpaired) electrons. The average molecular weight is 414 g/mol. The fourth-order valence-corrected chi connectivity index (χ4v) is 5.66. The van der Waals surface area contributed by atoms with Crippen molar-refractivity contribution in [1.29, 1.82) is 0 Å². The lowest BCUT2D eigenvalue weighted by atomic mass is 10.1. The Morgan fingerprint density at radius 1 is 1.42 bits per heavy atom. The lowest BCUT2D eigenvalue weighted by molar-refractivity contribution is 0.0762. The van der Waals surface area contributed by atoms with Gasteiger partial charge >= 0.3 is 0 Å². The number of aliphatic hydroxyl groups is 1. The van der Waals surface area contributed by atoms with Gasteiger partial charge in [-0.2, -0.15) is 4.31 Å². The number of halogens is 2. The summed E-state index contributed by atoms with van der Waals surface area (Å²) in [6.07, 6.45) is 0.417. The average Bonchev–Trinajstić information content (AvgIpc) is 2.57. The van der Waals surface area contributed by atoms with Crippen LogP contribution in [0.5, 0.6) is 0 Å². The number of nitrogen functional groups attached to an aromatic ring is 1. The SMILES string of the molecule is CC1(O)CCN(S(=O)(=O)c2c(N)cc(Br)cc2Br)C1. The molecule has 0 spiro atoms. The maximum Gasteiger partial charge on any atom is 0.246 e. The Labute approximate surface area is 129 Å². The number of hydrogen-bond acceptors (Lipinski definition) is 4. The molecular weight excluding hydrogens is 400 g/mol. The van der Waals surface area contributed by atoms with Gasteiger partial charge in [0.15, 0.2) is 0 Å². The molecule has 1 atom stereocenters. The van der Waals surface area contributed by atoms with Crippen molar-refractivity contribution in [2.24, 2.45) is 0 Å². The van der Waals surface area contributed by atoms with E-state index in [1.807, 2.05) is 0 Å². The molecule has 0 bridgehead atoms. The summed E-state index contributed by atoms with van der Waals surface area (Å²) in [5, 5.41) is 9.90. The fraction of sp³-hybridized carbons (Fsp3) is 0.455. The predicted octanol–water partition coefficient (Wildman–Crippen LogP) is 1.94. The molecule has 0 aliphatic carbocycles. The van der Waals surface area contributed by atoms with Gasteiger partial charge in [0.1, 0.15) is 4.90 Å². The third-order valence-corrected chi connectivity index (χ3v) is 6.36. The largest absolute Gasteiger partial charge is 0.398 e. The van der Waals surface area contributed by atoms with E-state index in [9.17, 15) is 13.5 Å². The first-order chi connectivity index (χ1) is 8.63. The summed E-state index contributed by atoms with van der Waals surface area (Å²) in [6, 6.07) is 3.18. The van der Waals surface area contributed by atoms with Crippen molar-refractivity contribution < 1.29 is 13.5 Å². The second-order valence-electron chi connectivity index (χ2n) is 4.89. The van der Waals surface area contributed by atoms with E-state index < -0.39 is 15.6 Å². The number of sulfonamides is 1. The Morgan fingerprint density at radius 3 is 2.53 bits per heavy atom. The van der Waals surface area contributed by atoms with Gasteiger partial charge in [-0.25, -0.2) is 8.42 Å². The zero-order valence-electron chi connectivity index (χ0n) is 10.2. The summed E-state index contributed by atoms with van der Waals surface area (Å²) in [7, 11) is -3.71. The van der Waals surface area contributed by atoms with Crippen molar-refractivity contribution in [3.63, 3.8) is 0 Å². The third-order valence-electron chi connectivity index (χ3n) is 3.05. The second kappa shape index (κ2) is 5.00. The molecule has 5 nitrogen and oxygen atoms in total. The van der Waals surface area contributed by atoms with Crippen molar-refractivity contribution in [2.75, 3.05) is 18.8 Å². The Morgan fingerprint density at radius 2 is 2.05 bits per heavy atom. The molecule has 1 aliphatic rings. The van der Waals surface area contributed by atoms with Crippen LogP contribution in [-0.2, 0) is 10.0 Å². The number of hydrogen-bond donors (Lipinski definition) is 2. The van der Waals surface area contributed by atoms with Crippen molar-refractivity contribution in [1.82, 2.24) is 4.31 Å². The van der Waals surface area contributed by atoms with Crippen molar-refractivity contribution in [3.8, 4) is 0 Å². The number of rotatable bonds is 2. The molecular formula is C11H14Br2N2O3S. The van der Waals surface area contributed by atoms with E-state index in [1.165, 1.54) is 4.31 Å². The van der Waals surface area contributed by atoms with E-state index in [0.717, 1.165) is 0 Å². The van der Waals surface area contributed by atoms with Crippen LogP contribution in [0.4, 0.5) is 5.69 Å². The van der Waals surface area contributed by atoms with E-state index in [0.29, 0.717) is 15.4 Å². The van der Waals surface area contributed by atoms with Crippen LogP contribution in [0.25, 0.3) is 0 Å². The molecule has 1 aromatic carbocycles. The van der Waals surface area contributed by atoms with Gasteiger partial charge in [0.05, 0.1) is 11.3 Å². The molecule has 1 heterocycles. The minimum absolute atomic E-state index is 0.0494. The third kappa shape index (κ3) is 2.97. The fourth-order valence-electron chi connectivity index (χ4n) is 2.09. The second-order valence-corrected chi connectivity index (χ2v) is 8.54. The van der Waals surface area contributed by atoms with E-state index in [-0.39, 0.29) is 23.7 Å². The quantitative estimate of drug-likeness (QED) is 0.725. The molecule has 8 heteroatoms. The Bertz CT molecular complexity index is 593. The van der Waals surface area contributed by atoms with Gasteiger partial charge in [-0.1, -0.05) is 15.9 Å². The maximum atomic E-state index is 12.6. The predicted molar refractivity (Wildman–Crippen MR) is 80.3 cm³/mol. The zero-order chi connectivity index (χ0) is 14.4. The van der Waals surface area contributed by atoms with Crippen LogP contribution in [-0.4, -0.2) is 36.5 Å². The highest BCUT2D eigenvalue weighted by atomic mass is 79.9. The molecule has 1 aromatic rings. The van der Waals surface area contributed by atoms with Crippen LogP contribution in [0.1, 0.15) is 13.3 Å². The molecule has 1 saturated heterocycles. The van der Waals surface area contributed by atoms with E-state index in [1.54, 1.807) is 19.1 Å². The molecule has 0 saturated carbocycles. The van der Waals surface area contributed by atoms with Gasteiger partial charge in [0.2, 0.25) is 10.0 Å². The van der Waals surface area contributed by atoms with Gasteiger partial charge in [-0.3, -0.25) is 0 Å². The first-order valence-electron chi connectivity index (χ1n) is 5.60. The topological polar surface area (TPSA) is 83.6 Å². The first kappa shape index (κ1) is 15.2. The van der Waals surface area contributed by atoms with Crippen molar-refractivity contribution in [2.45, 2.75) is 23.8 Å². The number of nitrogens with two attached hydrogens (primary N) is 1. The van der Waals surface area contributed by atoms with Crippen molar-refractivity contribution in [3.05, 3.63) is 21.1 Å². The summed E-state index contributed by atoms with van der Waals surface area (Å²) < 4.78 is 27.5. The molecule has 1 unspecified atom stereocenters. The molecule has 19 heavy (non-hydrogen) atoms. The van der Waals surface area contributed by atoms with E-state index in [4.69, 9.17) is 5.73 Å². The highest BCUT2D eigenvalue weighted by molar-refractivity contribution is 9.11. The molecule has 0 amide bonds. The van der Waals surface area contributed by atoms with Crippen LogP contribution in [0.3, 0.4) is 0 Å². The first-order valence-corrected chi connectivity index (χ1v) is 8.63. The maximum absolute atomic E-state index is 12.6. The van der Waals surface area contributed by atoms with Gasteiger partial charge < -0.3 is 10.8 Å². The van der Waals surface area contributed by atoms with Crippen molar-refractivity contribution >= 4 is 47.6 Å². The minimum atomic E-state index is -3.71. The zero-order valence-corrected chi connectivity index (χ0v) is 14.2. The highest BCUT2D eigenvalue weighted by Crippen LogP contribution is 2.35. The molecule has 2 rings (SSSR count). The van der Waals surface area contributed by atoms with Gasteiger partial charge in [-0.15, -0.1) is 0 Å². The normalized spacial score (nSPS) is 24.8. The molecule has 106 valence electrons. The van der Waals surface area contributed by atoms with Crippen LogP contribution in [0, 0.1) is 0 Å². The highest BCUT2D eigenvalue weighted by Gasteiger charge is 2.39. The van der Waals surface area contributed by atoms with Gasteiger partial charge in [0, 0.05) is 22.0 Å². The Balaban J connectivity index is 2.47. The summed E-state index contributed by atoms with van der Waals surface area (Å²) in [4.78, 5) is 0.0494. The smallest absolute Gasteiger partial charge is 0.246 e. The summed E-state index contributed by atoms with van der Waals surface area (Å²) >= 11 is 6.49. The summed E-state index contributed by atoms with van der Waals surface area (Å²) in [6.45, 7) is 2.00. The van der Waals surface area contributed by atoms with E-state index >= 15 is 0 Å². The molecule has 1 fully saturated rings. The standard InChI is InChI=1S/C11H14Br2N2O3S/c1-11(16)2-3-15(6-11)19(17,18)10-8(13)4-7(12)5-9(10)14/h4-5,16H,2-3,6,14H2,1H3. The number of benzene rings is 1. The van der Waals surface area contributed by atoms with Crippen LogP contribution in [0.15, 0.2) is 26.0 Å². The number of β-amino-alcohol motifs (C(OH)–C–C–N with tert-alkyl or cyclic N) is 1. The van der Waals surface area contributed by atoms with Crippen LogP contribution in [0.2, 0.25) is 0 Å². The minimum Gasteiger partial charge on any atom is -0.398 e. The lowest BCUT2D eigenvalue weighted by Crippen LogP contribution is -2.34. The van der Waals surface area contributed by atoms with Gasteiger partial charge in [0.25, 0.3) is 0 Å². The monoisotopic (exact) mass is 412 g/mol. The lowest BCUT2D eigenvalue weighted by Gasteiger charge is -2.20. The van der Waals surface area contributed by atoms with E-state index in [2.05, 4.69) is 31.9 Å². The number of nitrogens with zero attached hydrogens (tertiary/aromatic N) is 1. The van der Waals surface area contributed by atoms with Crippen LogP contribution < -0.4 is 5.73 Å². The molecule has 0 aromatic heterocycles. The summed E-state index contributed by atoms with van der Waals surface area (Å²) in [5.74, 6) is 0. The Kier molecular flexibility index (Phi) is 4.01. The molecule has 1 aliphatic heterocycles. The Hall–Kier alpha value is -0.150. The van der Waals surface area contributed by atoms with Crippen LogP contribution >= 0.6 is 31.9 Å².